The van der Waals surface area contributed by atoms with E-state index in [0.717, 1.165) is 24.7 Å². The number of ether oxygens (including phenoxy) is 1. The highest BCUT2D eigenvalue weighted by Gasteiger charge is 2.55. The summed E-state index contributed by atoms with van der Waals surface area (Å²) in [5.41, 5.74) is 2.38. The van der Waals surface area contributed by atoms with Crippen LogP contribution < -0.4 is 16.0 Å². The summed E-state index contributed by atoms with van der Waals surface area (Å²) < 4.78 is 6.08. The quantitative estimate of drug-likeness (QED) is 0.525. The molecule has 0 bridgehead atoms. The number of nitrogens with zero attached hydrogens (tertiary/aromatic N) is 1. The number of amides is 1. The van der Waals surface area contributed by atoms with Gasteiger partial charge in [0.1, 0.15) is 0 Å². The normalized spacial score (nSPS) is 28.3. The van der Waals surface area contributed by atoms with E-state index in [1.54, 1.807) is 0 Å². The Morgan fingerprint density at radius 2 is 2.07 bits per heavy atom. The minimum Gasteiger partial charge on any atom is -0.378 e. The van der Waals surface area contributed by atoms with Gasteiger partial charge in [-0.05, 0) is 37.8 Å². The predicted molar refractivity (Wildman–Crippen MR) is 116 cm³/mol. The fourth-order valence-corrected chi connectivity index (χ4v) is 5.53. The van der Waals surface area contributed by atoms with Crippen molar-refractivity contribution in [1.29, 1.82) is 0 Å². The van der Waals surface area contributed by atoms with E-state index in [2.05, 4.69) is 33.9 Å². The summed E-state index contributed by atoms with van der Waals surface area (Å²) in [4.78, 5) is 16.6. The number of fused-ring (bicyclic) bond motifs is 1. The Hall–Kier alpha value is -2.08. The highest BCUT2D eigenvalue weighted by Crippen LogP contribution is 2.53. The molecule has 1 aliphatic heterocycles. The largest absolute Gasteiger partial charge is 0.378 e. The number of carbonyl (C=O) groups is 1. The lowest BCUT2D eigenvalue weighted by molar-refractivity contribution is -0.145. The van der Waals surface area contributed by atoms with Crippen LogP contribution in [0.25, 0.3) is 0 Å². The Morgan fingerprint density at radius 1 is 1.28 bits per heavy atom. The summed E-state index contributed by atoms with van der Waals surface area (Å²) >= 11 is 0. The van der Waals surface area contributed by atoms with Gasteiger partial charge in [-0.1, -0.05) is 37.5 Å². The van der Waals surface area contributed by atoms with Crippen LogP contribution in [0, 0.1) is 5.41 Å². The maximum Gasteiger partial charge on any atom is 0.225 e. The molecule has 1 aromatic carbocycles. The zero-order valence-corrected chi connectivity index (χ0v) is 17.7. The first-order chi connectivity index (χ1) is 14.2. The molecule has 29 heavy (non-hydrogen) atoms. The third kappa shape index (κ3) is 4.00. The lowest BCUT2D eigenvalue weighted by atomic mass is 9.55. The minimum absolute atomic E-state index is 0.0816. The summed E-state index contributed by atoms with van der Waals surface area (Å²) in [7, 11) is 1.82. The van der Waals surface area contributed by atoms with Crippen LogP contribution in [0.4, 0.5) is 5.69 Å². The molecule has 6 heteroatoms. The van der Waals surface area contributed by atoms with Gasteiger partial charge in [0.2, 0.25) is 5.91 Å². The van der Waals surface area contributed by atoms with Crippen LogP contribution in [-0.2, 0) is 9.53 Å². The number of nitrogens with one attached hydrogen (secondary N) is 3. The summed E-state index contributed by atoms with van der Waals surface area (Å²) in [6.45, 7) is 3.57. The molecule has 2 aliphatic carbocycles. The van der Waals surface area contributed by atoms with Crippen molar-refractivity contribution in [2.75, 3.05) is 25.5 Å². The van der Waals surface area contributed by atoms with Crippen molar-refractivity contribution in [3.8, 4) is 0 Å². The topological polar surface area (TPSA) is 74.8 Å². The van der Waals surface area contributed by atoms with Crippen molar-refractivity contribution in [3.63, 3.8) is 0 Å². The van der Waals surface area contributed by atoms with Crippen LogP contribution >= 0.6 is 0 Å². The Balaban J connectivity index is 1.39. The van der Waals surface area contributed by atoms with Crippen LogP contribution in [0.3, 0.4) is 0 Å². The first kappa shape index (κ1) is 20.2. The van der Waals surface area contributed by atoms with Crippen molar-refractivity contribution < 1.29 is 9.53 Å². The number of anilines is 1. The average molecular weight is 399 g/mol. The number of aliphatic imine (C=N–C) groups is 1. The molecule has 2 fully saturated rings. The van der Waals surface area contributed by atoms with E-state index in [0.29, 0.717) is 25.1 Å². The molecule has 1 aromatic rings. The smallest absolute Gasteiger partial charge is 0.225 e. The van der Waals surface area contributed by atoms with Gasteiger partial charge in [-0.15, -0.1) is 0 Å². The summed E-state index contributed by atoms with van der Waals surface area (Å²) in [5.74, 6) is 1.07. The molecule has 3 N–H and O–H groups in total. The Morgan fingerprint density at radius 3 is 2.83 bits per heavy atom. The average Bonchev–Trinajstić information content (AvgIpc) is 2.75. The van der Waals surface area contributed by atoms with Gasteiger partial charge in [-0.3, -0.25) is 9.79 Å². The number of guanidine groups is 1. The molecule has 6 nitrogen and oxygen atoms in total. The van der Waals surface area contributed by atoms with Crippen molar-refractivity contribution in [2.45, 2.75) is 69.9 Å². The highest BCUT2D eigenvalue weighted by atomic mass is 16.5. The molecule has 1 spiro atoms. The van der Waals surface area contributed by atoms with E-state index in [9.17, 15) is 4.79 Å². The molecule has 3 unspecified atom stereocenters. The van der Waals surface area contributed by atoms with E-state index >= 15 is 0 Å². The van der Waals surface area contributed by atoms with Crippen molar-refractivity contribution in [1.82, 2.24) is 10.6 Å². The predicted octanol–water partition coefficient (Wildman–Crippen LogP) is 3.41. The molecule has 1 heterocycles. The van der Waals surface area contributed by atoms with Crippen LogP contribution in [-0.4, -0.2) is 44.2 Å². The van der Waals surface area contributed by atoms with Gasteiger partial charge in [0.25, 0.3) is 0 Å². The molecule has 4 rings (SSSR count). The van der Waals surface area contributed by atoms with Crippen molar-refractivity contribution >= 4 is 17.6 Å². The Labute approximate surface area is 173 Å². The second-order valence-corrected chi connectivity index (χ2v) is 8.66. The van der Waals surface area contributed by atoms with Crippen molar-refractivity contribution in [2.24, 2.45) is 10.4 Å². The van der Waals surface area contributed by atoms with Gasteiger partial charge in [-0.25, -0.2) is 0 Å². The standard InChI is InChI=1S/C23H34N4O2/c1-3-29-20-14-19(23(20)11-7-4-8-12-23)27-22(24-2)25-15-16-13-21(28)26-18-10-6-5-9-17(16)18/h5-6,9-10,16,19-20H,3-4,7-8,11-15H2,1-2H3,(H,26,28)(H2,24,25,27). The zero-order valence-electron chi connectivity index (χ0n) is 17.7. The van der Waals surface area contributed by atoms with Gasteiger partial charge < -0.3 is 20.7 Å². The number of carbonyl (C=O) groups excluding carboxylic acids is 1. The van der Waals surface area contributed by atoms with E-state index in [1.807, 2.05) is 25.2 Å². The number of benzene rings is 1. The van der Waals surface area contributed by atoms with E-state index in [4.69, 9.17) is 4.74 Å². The first-order valence-electron chi connectivity index (χ1n) is 11.1. The van der Waals surface area contributed by atoms with Crippen LogP contribution in [0.1, 0.15) is 63.4 Å². The summed E-state index contributed by atoms with van der Waals surface area (Å²) in [6.07, 6.45) is 8.32. The van der Waals surface area contributed by atoms with Gasteiger partial charge in [0.15, 0.2) is 5.96 Å². The second kappa shape index (κ2) is 8.74. The second-order valence-electron chi connectivity index (χ2n) is 8.66. The number of hydrogen-bond donors (Lipinski definition) is 3. The summed E-state index contributed by atoms with van der Waals surface area (Å²) in [6, 6.07) is 8.48. The molecule has 3 aliphatic rings. The third-order valence-electron chi connectivity index (χ3n) is 7.09. The molecular weight excluding hydrogens is 364 g/mol. The minimum atomic E-state index is 0.0816. The Bertz CT molecular complexity index is 757. The van der Waals surface area contributed by atoms with Gasteiger partial charge in [0.05, 0.1) is 6.10 Å². The fourth-order valence-electron chi connectivity index (χ4n) is 5.53. The molecule has 0 aromatic heterocycles. The molecule has 0 radical (unpaired) electrons. The monoisotopic (exact) mass is 398 g/mol. The molecule has 2 saturated carbocycles. The van der Waals surface area contributed by atoms with Crippen LogP contribution in [0.5, 0.6) is 0 Å². The first-order valence-corrected chi connectivity index (χ1v) is 11.1. The SMILES string of the molecule is CCOC1CC(NC(=NC)NCC2CC(=O)Nc3ccccc32)C12CCCCC2. The Kier molecular flexibility index (Phi) is 6.09. The van der Waals surface area contributed by atoms with Crippen molar-refractivity contribution in [3.05, 3.63) is 29.8 Å². The summed E-state index contributed by atoms with van der Waals surface area (Å²) in [5, 5.41) is 10.1. The molecule has 3 atom stereocenters. The van der Waals surface area contributed by atoms with Crippen LogP contribution in [0.15, 0.2) is 29.3 Å². The van der Waals surface area contributed by atoms with Gasteiger partial charge >= 0.3 is 0 Å². The molecular formula is C23H34N4O2. The van der Waals surface area contributed by atoms with Gasteiger partial charge in [-0.2, -0.15) is 0 Å². The fraction of sp³-hybridized carbons (Fsp3) is 0.652. The third-order valence-corrected chi connectivity index (χ3v) is 7.09. The number of hydrogen-bond acceptors (Lipinski definition) is 3. The van der Waals surface area contributed by atoms with Gasteiger partial charge in [0, 0.05) is 49.7 Å². The zero-order chi connectivity index (χ0) is 20.3. The molecule has 158 valence electrons. The molecule has 0 saturated heterocycles. The number of para-hydroxylation sites is 1. The highest BCUT2D eigenvalue weighted by molar-refractivity contribution is 5.94. The lowest BCUT2D eigenvalue weighted by Crippen LogP contribution is -2.66. The van der Waals surface area contributed by atoms with E-state index < -0.39 is 0 Å². The number of rotatable bonds is 5. The van der Waals surface area contributed by atoms with E-state index in [-0.39, 0.29) is 17.2 Å². The lowest BCUT2D eigenvalue weighted by Gasteiger charge is -2.58. The van der Waals surface area contributed by atoms with Crippen LogP contribution in [0.2, 0.25) is 0 Å². The molecule has 1 amide bonds. The maximum atomic E-state index is 12.1. The maximum absolute atomic E-state index is 12.1. The van der Waals surface area contributed by atoms with E-state index in [1.165, 1.54) is 37.7 Å².